The number of aliphatic carboxylic acids is 1. The van der Waals surface area contributed by atoms with Crippen LogP contribution in [-0.4, -0.2) is 78.0 Å². The van der Waals surface area contributed by atoms with Gasteiger partial charge in [-0.05, 0) is 130 Å². The number of anilines is 3. The molecule has 1 heterocycles. The van der Waals surface area contributed by atoms with Gasteiger partial charge in [0.1, 0.15) is 27.1 Å². The van der Waals surface area contributed by atoms with Gasteiger partial charge in [0.25, 0.3) is 25.8 Å². The van der Waals surface area contributed by atoms with Crippen molar-refractivity contribution in [1.29, 1.82) is 0 Å². The number of H-pyrrole nitrogens is 1. The summed E-state index contributed by atoms with van der Waals surface area (Å²) >= 11 is 0. The number of nitrogens with zero attached hydrogens (tertiary/aromatic N) is 7. The van der Waals surface area contributed by atoms with Crippen LogP contribution in [-0.2, 0) is 29.8 Å². The van der Waals surface area contributed by atoms with Crippen molar-refractivity contribution in [2.45, 2.75) is 55.7 Å². The molecule has 0 spiro atoms. The average molecular weight is 1150 g/mol. The first-order valence-corrected chi connectivity index (χ1v) is 27.7. The Morgan fingerprint density at radius 3 is 1.61 bits per heavy atom. The maximum absolute atomic E-state index is 12.6. The van der Waals surface area contributed by atoms with Crippen LogP contribution in [0.2, 0.25) is 0 Å². The van der Waals surface area contributed by atoms with E-state index in [1.54, 1.807) is 55.5 Å². The molecule has 28 heteroatoms. The maximum Gasteiger partial charge on any atom is 0.305 e. The van der Waals surface area contributed by atoms with E-state index in [2.05, 4.69) is 46.4 Å². The van der Waals surface area contributed by atoms with E-state index < -0.39 is 47.5 Å². The van der Waals surface area contributed by atoms with Crippen LogP contribution >= 0.6 is 10.9 Å². The number of aromatic hydroxyl groups is 1. The third-order valence-corrected chi connectivity index (χ3v) is 13.7. The lowest BCUT2D eigenvalue weighted by atomic mass is 10.1. The predicted octanol–water partition coefficient (Wildman–Crippen LogP) is 12.4. The summed E-state index contributed by atoms with van der Waals surface area (Å²) in [5.74, 6) is -1.70. The van der Waals surface area contributed by atoms with Crippen molar-refractivity contribution < 1.29 is 59.4 Å². The van der Waals surface area contributed by atoms with Crippen molar-refractivity contribution >= 4 is 105 Å². The molecule has 0 fully saturated rings. The van der Waals surface area contributed by atoms with E-state index in [0.29, 0.717) is 44.9 Å². The molecule has 12 N–H and O–H groups in total. The summed E-state index contributed by atoms with van der Waals surface area (Å²) in [7, 11) is -13.1. The van der Waals surface area contributed by atoms with E-state index >= 15 is 0 Å². The molecule has 0 saturated carbocycles. The predicted molar refractivity (Wildman–Crippen MR) is 302 cm³/mol. The molecule has 0 unspecified atom stereocenters. The van der Waals surface area contributed by atoms with E-state index in [4.69, 9.17) is 15.4 Å². The highest BCUT2D eigenvalue weighted by Crippen LogP contribution is 2.54. The molecule has 0 saturated heterocycles. The smallest absolute Gasteiger partial charge is 0.305 e. The highest BCUT2D eigenvalue weighted by molar-refractivity contribution is 8.19. The number of carboxylic acid groups (broad SMARTS) is 1. The Morgan fingerprint density at radius 1 is 0.625 bits per heavy atom. The molecule has 0 aliphatic rings. The largest absolute Gasteiger partial charge is 0.505 e. The van der Waals surface area contributed by atoms with Crippen molar-refractivity contribution in [3.05, 3.63) is 166 Å². The zero-order chi connectivity index (χ0) is 58.7. The van der Waals surface area contributed by atoms with Gasteiger partial charge in [-0.3, -0.25) is 28.6 Å². The second kappa shape index (κ2) is 25.6. The summed E-state index contributed by atoms with van der Waals surface area (Å²) in [4.78, 5) is 33.3. The number of nitrogens with one attached hydrogen (secondary N) is 3. The van der Waals surface area contributed by atoms with Gasteiger partial charge in [0.05, 0.1) is 56.0 Å². The number of azo groups is 3. The number of aryl methyl sites for hydroxylation is 4. The zero-order valence-electron chi connectivity index (χ0n) is 43.0. The normalized spacial score (nSPS) is 12.0. The summed E-state index contributed by atoms with van der Waals surface area (Å²) in [5.41, 5.74) is 11.7. The van der Waals surface area contributed by atoms with Crippen LogP contribution in [0.1, 0.15) is 35.7 Å². The molecule has 25 nitrogen and oxygen atoms in total. The Kier molecular flexibility index (Phi) is 19.3. The van der Waals surface area contributed by atoms with Crippen LogP contribution in [0.3, 0.4) is 0 Å². The van der Waals surface area contributed by atoms with E-state index in [1.807, 2.05) is 57.2 Å². The molecule has 8 aromatic rings. The minimum absolute atomic E-state index is 0.0134. The minimum atomic E-state index is -4.58. The lowest BCUT2D eigenvalue weighted by Crippen LogP contribution is -2.14. The number of hydrogen-bond donors (Lipinski definition) is 11. The number of carbonyl (C=O) groups excluding carboxylic acids is 1. The number of phenolic OH excluding ortho intramolecular Hbond substituents is 1. The Morgan fingerprint density at radius 2 is 1.14 bits per heavy atom. The van der Waals surface area contributed by atoms with Crippen molar-refractivity contribution in [2.24, 2.45) is 30.7 Å². The summed E-state index contributed by atoms with van der Waals surface area (Å²) in [6.07, 6.45) is -0.236. The van der Waals surface area contributed by atoms with Gasteiger partial charge >= 0.3 is 5.97 Å². The van der Waals surface area contributed by atoms with E-state index in [1.165, 1.54) is 54.1 Å². The van der Waals surface area contributed by atoms with Crippen LogP contribution < -0.4 is 21.9 Å². The molecule has 0 radical (unpaired) electrons. The number of nitrogens with two attached hydrogens (primary N) is 1. The molecule has 418 valence electrons. The maximum atomic E-state index is 12.6. The van der Waals surface area contributed by atoms with Crippen molar-refractivity contribution in [2.75, 3.05) is 22.9 Å². The molecule has 0 aliphatic carbocycles. The van der Waals surface area contributed by atoms with Crippen molar-refractivity contribution in [1.82, 2.24) is 9.78 Å². The van der Waals surface area contributed by atoms with Crippen LogP contribution in [0.25, 0.3) is 16.5 Å². The molecule has 0 atom stereocenters. The highest BCUT2D eigenvalue weighted by atomic mass is 32.3. The average Bonchev–Trinajstić information content (AvgIpc) is 3.67. The van der Waals surface area contributed by atoms with Gasteiger partial charge in [0.2, 0.25) is 5.91 Å². The number of nitrogen functional groups attached to an aromatic ring is 1. The van der Waals surface area contributed by atoms with Gasteiger partial charge in [-0.2, -0.15) is 32.2 Å². The number of phenols is 1. The van der Waals surface area contributed by atoms with Crippen LogP contribution in [0.4, 0.5) is 51.2 Å². The molecule has 7 aromatic carbocycles. The summed E-state index contributed by atoms with van der Waals surface area (Å²) in [6.45, 7) is 8.81. The lowest BCUT2D eigenvalue weighted by molar-refractivity contribution is -0.136. The molecular formula is C52H53N11O14S3. The second-order valence-electron chi connectivity index (χ2n) is 17.5. The topological polar surface area (TPSA) is 406 Å². The van der Waals surface area contributed by atoms with E-state index in [-0.39, 0.29) is 62.9 Å². The highest BCUT2D eigenvalue weighted by Gasteiger charge is 2.26. The number of aromatic nitrogens is 2. The van der Waals surface area contributed by atoms with Crippen LogP contribution in [0, 0.1) is 27.7 Å². The van der Waals surface area contributed by atoms with Crippen LogP contribution in [0.5, 0.6) is 5.75 Å². The standard InChI is InChI=1S/C19H19N3O5S.C17H16N4O4S.C16H18N4O5S/c1-11-3-5-14(6-4-11)21-22-18-17(28(25,26)27)10-13-9-15(20-12(2)23)7-8-16(13)19(18)24;1-11-3-5-13(6-4-11)18-19-16-12(2)20-21(17(16)22)14-7-9-15(10-8-14)26(23,24)25;1-10-2-4-11(5-3-10)19-20-13-9-15(26(23,24)25)14(8-12(13)17)18-7-6-16(21)22/h3-10,24-27H,1-2H3,(H,20,23);3-10,20H,1-2H3,(H,23,24,25);2-5,8-9,18H,6-7,17H2,1H3,(H,21,22)(H,23,24,25). The molecule has 0 aliphatic heterocycles. The Labute approximate surface area is 459 Å². The third kappa shape index (κ3) is 16.5. The molecule has 1 amide bonds. The fraction of sp³-hybridized carbons (Fsp3) is 0.135. The quantitative estimate of drug-likeness (QED) is 0.0258. The van der Waals surface area contributed by atoms with Gasteiger partial charge in [0, 0.05) is 24.5 Å². The summed E-state index contributed by atoms with van der Waals surface area (Å²) in [5, 5.41) is 52.1. The van der Waals surface area contributed by atoms with Gasteiger partial charge in [-0.15, -0.1) is 15.3 Å². The first-order chi connectivity index (χ1) is 37.6. The van der Waals surface area contributed by atoms with Crippen molar-refractivity contribution in [3.63, 3.8) is 0 Å². The first-order valence-electron chi connectivity index (χ1n) is 23.4. The summed E-state index contributed by atoms with van der Waals surface area (Å²) in [6, 6.07) is 35.2. The lowest BCUT2D eigenvalue weighted by Gasteiger charge is -2.22. The molecular weight excluding hydrogens is 1100 g/mol. The third-order valence-electron chi connectivity index (χ3n) is 11.1. The number of benzene rings is 7. The summed E-state index contributed by atoms with van der Waals surface area (Å²) < 4.78 is 94.5. The fourth-order valence-electron chi connectivity index (χ4n) is 7.03. The molecule has 0 bridgehead atoms. The SMILES string of the molecule is CC(=O)Nc1ccc2c(O)c(N=Nc3ccc(C)cc3)c(S(O)(O)O)cc2c1.Cc1ccc(N=Nc2c(C)[nH]n(-c3ccc(S(=O)(=O)O)cc3)c2=O)cc1.Cc1ccc(N=Nc2cc(S(=O)(=O)O)c(NCCC(=O)O)cc2N)cc1. The van der Waals surface area contributed by atoms with Gasteiger partial charge < -0.3 is 40.2 Å². The van der Waals surface area contributed by atoms with Gasteiger partial charge in [0.15, 0.2) is 11.4 Å². The van der Waals surface area contributed by atoms with Gasteiger partial charge in [-0.25, -0.2) is 4.68 Å². The minimum Gasteiger partial charge on any atom is -0.505 e. The molecule has 1 aromatic heterocycles. The zero-order valence-corrected chi connectivity index (χ0v) is 45.5. The number of carbonyl (C=O) groups is 2. The van der Waals surface area contributed by atoms with Gasteiger partial charge in [-0.1, -0.05) is 53.1 Å². The number of fused-ring (bicyclic) bond motifs is 1. The Bertz CT molecular complexity index is 3960. The number of carboxylic acids is 1. The molecule has 80 heavy (non-hydrogen) atoms. The second-order valence-corrected chi connectivity index (χ2v) is 21.8. The van der Waals surface area contributed by atoms with Crippen molar-refractivity contribution in [3.8, 4) is 11.4 Å². The Hall–Kier alpha value is -9.00. The number of hydrogen-bond acceptors (Lipinski definition) is 19. The van der Waals surface area contributed by atoms with E-state index in [0.717, 1.165) is 22.8 Å². The first kappa shape index (κ1) is 60.2. The number of amides is 1. The Balaban J connectivity index is 0.000000194. The molecule has 8 rings (SSSR count). The van der Waals surface area contributed by atoms with E-state index in [9.17, 15) is 54.5 Å². The fourth-order valence-corrected chi connectivity index (χ4v) is 8.86. The monoisotopic (exact) mass is 1150 g/mol. The number of rotatable bonds is 15. The number of aromatic amines is 1. The van der Waals surface area contributed by atoms with Crippen LogP contribution in [0.15, 0.2) is 184 Å².